The molecular weight excluding hydrogens is 348 g/mol. The molecule has 1 heterocycles. The number of thiocarbonyl (C=S) groups is 1. The van der Waals surface area contributed by atoms with E-state index in [-0.39, 0.29) is 0 Å². The van der Waals surface area contributed by atoms with Crippen LogP contribution in [0.4, 0.5) is 5.69 Å². The van der Waals surface area contributed by atoms with Gasteiger partial charge in [0.05, 0.1) is 22.4 Å². The van der Waals surface area contributed by atoms with Crippen molar-refractivity contribution in [1.29, 1.82) is 0 Å². The maximum atomic E-state index is 5.62. The lowest BCUT2D eigenvalue weighted by molar-refractivity contribution is 0.688. The molecule has 0 saturated carbocycles. The second-order valence-electron chi connectivity index (χ2n) is 4.95. The zero-order valence-electron chi connectivity index (χ0n) is 12.4. The molecule has 0 aliphatic heterocycles. The second kappa shape index (κ2) is 6.58. The monoisotopic (exact) mass is 366 g/mol. The van der Waals surface area contributed by atoms with Gasteiger partial charge >= 0.3 is 0 Å². The van der Waals surface area contributed by atoms with Gasteiger partial charge in [0.1, 0.15) is 4.99 Å². The maximum absolute atomic E-state index is 5.62. The van der Waals surface area contributed by atoms with Gasteiger partial charge in [-0.15, -0.1) is 0 Å². The van der Waals surface area contributed by atoms with Crippen molar-refractivity contribution >= 4 is 38.8 Å². The van der Waals surface area contributed by atoms with Crippen LogP contribution in [0.1, 0.15) is 23.9 Å². The van der Waals surface area contributed by atoms with Crippen LogP contribution in [-0.4, -0.2) is 21.8 Å². The SMILES string of the molecule is CCc1nn(C)c(CN(C)c2ccc(C(N)=S)cc2)c1Br. The smallest absolute Gasteiger partial charge is 0.103 e. The lowest BCUT2D eigenvalue weighted by Gasteiger charge is -2.20. The largest absolute Gasteiger partial charge is 0.389 e. The molecule has 0 amide bonds. The number of aromatic nitrogens is 2. The fraction of sp³-hybridized carbons (Fsp3) is 0.333. The summed E-state index contributed by atoms with van der Waals surface area (Å²) in [5.41, 5.74) is 9.87. The van der Waals surface area contributed by atoms with E-state index in [4.69, 9.17) is 18.0 Å². The van der Waals surface area contributed by atoms with Gasteiger partial charge in [0, 0.05) is 25.3 Å². The molecule has 0 bridgehead atoms. The molecule has 0 aliphatic rings. The van der Waals surface area contributed by atoms with E-state index in [1.165, 1.54) is 0 Å². The van der Waals surface area contributed by atoms with Crippen LogP contribution < -0.4 is 10.6 Å². The Hall–Kier alpha value is -1.40. The molecular formula is C15H19BrN4S. The van der Waals surface area contributed by atoms with Crippen LogP contribution in [0, 0.1) is 0 Å². The number of nitrogens with two attached hydrogens (primary N) is 1. The van der Waals surface area contributed by atoms with E-state index in [2.05, 4.69) is 39.9 Å². The Bertz CT molecular complexity index is 648. The summed E-state index contributed by atoms with van der Waals surface area (Å²) in [6.45, 7) is 2.88. The summed E-state index contributed by atoms with van der Waals surface area (Å²) in [4.78, 5) is 2.59. The van der Waals surface area contributed by atoms with E-state index >= 15 is 0 Å². The number of benzene rings is 1. The highest BCUT2D eigenvalue weighted by atomic mass is 79.9. The third kappa shape index (κ3) is 3.44. The third-order valence-corrected chi connectivity index (χ3v) is 4.63. The summed E-state index contributed by atoms with van der Waals surface area (Å²) < 4.78 is 3.03. The summed E-state index contributed by atoms with van der Waals surface area (Å²) >= 11 is 8.62. The van der Waals surface area contributed by atoms with Gasteiger partial charge in [-0.3, -0.25) is 4.68 Å². The number of hydrogen-bond donors (Lipinski definition) is 1. The number of halogens is 1. The van der Waals surface area contributed by atoms with E-state index in [1.54, 1.807) is 0 Å². The Balaban J connectivity index is 2.19. The molecule has 21 heavy (non-hydrogen) atoms. The second-order valence-corrected chi connectivity index (χ2v) is 6.18. The standard InChI is InChI=1S/C15H19BrN4S/c1-4-12-14(16)13(20(3)18-12)9-19(2)11-7-5-10(6-8-11)15(17)21/h5-8H,4,9H2,1-3H3,(H2,17,21). The number of anilines is 1. The highest BCUT2D eigenvalue weighted by Gasteiger charge is 2.14. The first kappa shape index (κ1) is 16.0. The number of aryl methyl sites for hydroxylation is 2. The van der Waals surface area contributed by atoms with Crippen LogP contribution in [-0.2, 0) is 20.0 Å². The normalized spacial score (nSPS) is 10.7. The average Bonchev–Trinajstić information content (AvgIpc) is 2.74. The highest BCUT2D eigenvalue weighted by Crippen LogP contribution is 2.24. The Kier molecular flexibility index (Phi) is 5.00. The van der Waals surface area contributed by atoms with Gasteiger partial charge in [0.15, 0.2) is 0 Å². The van der Waals surface area contributed by atoms with Crippen molar-refractivity contribution in [3.8, 4) is 0 Å². The number of nitrogens with zero attached hydrogens (tertiary/aromatic N) is 3. The first-order chi connectivity index (χ1) is 9.93. The van der Waals surface area contributed by atoms with Crippen molar-refractivity contribution in [2.24, 2.45) is 12.8 Å². The molecule has 0 saturated heterocycles. The molecule has 2 aromatic rings. The molecule has 0 spiro atoms. The van der Waals surface area contributed by atoms with Crippen molar-refractivity contribution in [2.75, 3.05) is 11.9 Å². The van der Waals surface area contributed by atoms with Crippen LogP contribution in [0.2, 0.25) is 0 Å². The molecule has 2 rings (SSSR count). The first-order valence-electron chi connectivity index (χ1n) is 6.75. The molecule has 0 fully saturated rings. The topological polar surface area (TPSA) is 47.1 Å². The minimum Gasteiger partial charge on any atom is -0.389 e. The molecule has 112 valence electrons. The van der Waals surface area contributed by atoms with Crippen LogP contribution in [0.5, 0.6) is 0 Å². The number of hydrogen-bond acceptors (Lipinski definition) is 3. The van der Waals surface area contributed by atoms with Gasteiger partial charge in [-0.05, 0) is 46.6 Å². The Morgan fingerprint density at radius 1 is 1.38 bits per heavy atom. The fourth-order valence-corrected chi connectivity index (χ4v) is 3.07. The van der Waals surface area contributed by atoms with E-state index in [9.17, 15) is 0 Å². The zero-order chi connectivity index (χ0) is 15.6. The van der Waals surface area contributed by atoms with Gasteiger partial charge in [-0.2, -0.15) is 5.10 Å². The van der Waals surface area contributed by atoms with Crippen molar-refractivity contribution in [1.82, 2.24) is 9.78 Å². The molecule has 4 nitrogen and oxygen atoms in total. The van der Waals surface area contributed by atoms with Gasteiger partial charge in [0.25, 0.3) is 0 Å². The van der Waals surface area contributed by atoms with E-state index in [1.807, 2.05) is 36.0 Å². The quantitative estimate of drug-likeness (QED) is 0.826. The molecule has 0 radical (unpaired) electrons. The van der Waals surface area contributed by atoms with E-state index < -0.39 is 0 Å². The Morgan fingerprint density at radius 3 is 2.48 bits per heavy atom. The van der Waals surface area contributed by atoms with Crippen molar-refractivity contribution < 1.29 is 0 Å². The lowest BCUT2D eigenvalue weighted by Crippen LogP contribution is -2.19. The Morgan fingerprint density at radius 2 is 2.00 bits per heavy atom. The van der Waals surface area contributed by atoms with Crippen molar-refractivity contribution in [3.63, 3.8) is 0 Å². The fourth-order valence-electron chi connectivity index (χ4n) is 2.19. The average molecular weight is 367 g/mol. The van der Waals surface area contributed by atoms with Gasteiger partial charge in [0.2, 0.25) is 0 Å². The molecule has 6 heteroatoms. The predicted octanol–water partition coefficient (Wildman–Crippen LogP) is 3.02. The minimum absolute atomic E-state index is 0.422. The van der Waals surface area contributed by atoms with Crippen molar-refractivity contribution in [2.45, 2.75) is 19.9 Å². The van der Waals surface area contributed by atoms with Crippen LogP contribution in [0.25, 0.3) is 0 Å². The summed E-state index contributed by atoms with van der Waals surface area (Å²) in [5, 5.41) is 4.52. The van der Waals surface area contributed by atoms with Gasteiger partial charge in [-0.1, -0.05) is 19.1 Å². The van der Waals surface area contributed by atoms with Crippen LogP contribution >= 0.6 is 28.1 Å². The summed E-state index contributed by atoms with van der Waals surface area (Å²) in [6, 6.07) is 7.95. The molecule has 1 aromatic heterocycles. The molecule has 0 atom stereocenters. The molecule has 1 aromatic carbocycles. The summed E-state index contributed by atoms with van der Waals surface area (Å²) in [7, 11) is 4.03. The molecule has 0 unspecified atom stereocenters. The Labute approximate surface area is 139 Å². The van der Waals surface area contributed by atoms with Gasteiger partial charge < -0.3 is 10.6 Å². The summed E-state index contributed by atoms with van der Waals surface area (Å²) in [5.74, 6) is 0. The maximum Gasteiger partial charge on any atom is 0.103 e. The van der Waals surface area contributed by atoms with E-state index in [0.29, 0.717) is 4.99 Å². The molecule has 2 N–H and O–H groups in total. The van der Waals surface area contributed by atoms with Crippen LogP contribution in [0.15, 0.2) is 28.7 Å². The zero-order valence-corrected chi connectivity index (χ0v) is 14.8. The van der Waals surface area contributed by atoms with Gasteiger partial charge in [-0.25, -0.2) is 0 Å². The minimum atomic E-state index is 0.422. The lowest BCUT2D eigenvalue weighted by atomic mass is 10.2. The third-order valence-electron chi connectivity index (χ3n) is 3.48. The first-order valence-corrected chi connectivity index (χ1v) is 7.95. The van der Waals surface area contributed by atoms with Crippen LogP contribution in [0.3, 0.4) is 0 Å². The van der Waals surface area contributed by atoms with E-state index in [0.717, 1.165) is 40.1 Å². The van der Waals surface area contributed by atoms with Crippen molar-refractivity contribution in [3.05, 3.63) is 45.7 Å². The predicted molar refractivity (Wildman–Crippen MR) is 94.7 cm³/mol. The molecule has 0 aliphatic carbocycles. The number of rotatable bonds is 5. The summed E-state index contributed by atoms with van der Waals surface area (Å²) in [6.07, 6.45) is 0.917. The highest BCUT2D eigenvalue weighted by molar-refractivity contribution is 9.10.